The lowest BCUT2D eigenvalue weighted by Crippen LogP contribution is -2.07. The number of alkyl halides is 1. The van der Waals surface area contributed by atoms with Crippen LogP contribution in [0, 0.1) is 6.92 Å². The number of hydrogen-bond acceptors (Lipinski definition) is 3. The Balaban J connectivity index is 3.10. The smallest absolute Gasteiger partial charge is 0.309 e. The molecule has 0 aromatic heterocycles. The maximum atomic E-state index is 11.2. The third kappa shape index (κ3) is 2.89. The van der Waals surface area contributed by atoms with Crippen LogP contribution in [-0.2, 0) is 21.8 Å². The largest absolute Gasteiger partial charge is 0.497 e. The lowest BCUT2D eigenvalue weighted by molar-refractivity contribution is -0.139. The van der Waals surface area contributed by atoms with Crippen LogP contribution < -0.4 is 4.74 Å². The zero-order chi connectivity index (χ0) is 12.1. The molecule has 0 saturated carbocycles. The van der Waals surface area contributed by atoms with Crippen LogP contribution in [0.5, 0.6) is 5.75 Å². The minimum Gasteiger partial charge on any atom is -0.497 e. The van der Waals surface area contributed by atoms with Gasteiger partial charge in [0.2, 0.25) is 0 Å². The molecule has 1 rings (SSSR count). The molecular weight excluding hydrogens is 228 g/mol. The van der Waals surface area contributed by atoms with Crippen molar-refractivity contribution in [1.29, 1.82) is 0 Å². The van der Waals surface area contributed by atoms with E-state index in [1.165, 1.54) is 7.11 Å². The van der Waals surface area contributed by atoms with Gasteiger partial charge in [-0.25, -0.2) is 0 Å². The van der Waals surface area contributed by atoms with Crippen LogP contribution in [0.4, 0.5) is 0 Å². The summed E-state index contributed by atoms with van der Waals surface area (Å²) in [4.78, 5) is 11.2. The normalized spacial score (nSPS) is 10.0. The van der Waals surface area contributed by atoms with E-state index in [9.17, 15) is 4.79 Å². The zero-order valence-corrected chi connectivity index (χ0v) is 10.4. The van der Waals surface area contributed by atoms with Gasteiger partial charge < -0.3 is 9.47 Å². The van der Waals surface area contributed by atoms with Crippen molar-refractivity contribution in [3.8, 4) is 5.75 Å². The van der Waals surface area contributed by atoms with Gasteiger partial charge in [-0.1, -0.05) is 0 Å². The van der Waals surface area contributed by atoms with Gasteiger partial charge in [0.1, 0.15) is 5.75 Å². The van der Waals surface area contributed by atoms with E-state index in [0.717, 1.165) is 16.7 Å². The standard InChI is InChI=1S/C12H15ClO3/c1-8-9(6-12(14)16-3)4-11(15-2)5-10(8)7-13/h4-5H,6-7H2,1-3H3. The molecule has 0 fully saturated rings. The molecule has 0 amide bonds. The highest BCUT2D eigenvalue weighted by Gasteiger charge is 2.11. The van der Waals surface area contributed by atoms with Crippen molar-refractivity contribution in [2.75, 3.05) is 14.2 Å². The molecule has 0 heterocycles. The number of rotatable bonds is 4. The molecule has 0 aliphatic carbocycles. The zero-order valence-electron chi connectivity index (χ0n) is 9.67. The van der Waals surface area contributed by atoms with Crippen molar-refractivity contribution in [1.82, 2.24) is 0 Å². The first-order chi connectivity index (χ1) is 7.62. The molecule has 4 heteroatoms. The highest BCUT2D eigenvalue weighted by Crippen LogP contribution is 2.24. The molecule has 0 aliphatic rings. The van der Waals surface area contributed by atoms with Gasteiger partial charge in [0.25, 0.3) is 0 Å². The highest BCUT2D eigenvalue weighted by atomic mass is 35.5. The lowest BCUT2D eigenvalue weighted by Gasteiger charge is -2.11. The summed E-state index contributed by atoms with van der Waals surface area (Å²) in [5.74, 6) is 0.842. The maximum Gasteiger partial charge on any atom is 0.309 e. The molecule has 0 radical (unpaired) electrons. The Morgan fingerprint density at radius 2 is 1.94 bits per heavy atom. The molecule has 0 atom stereocenters. The number of esters is 1. The molecule has 0 saturated heterocycles. The molecule has 0 aliphatic heterocycles. The van der Waals surface area contributed by atoms with Gasteiger partial charge in [-0.3, -0.25) is 4.79 Å². The molecule has 16 heavy (non-hydrogen) atoms. The van der Waals surface area contributed by atoms with Gasteiger partial charge in [0.15, 0.2) is 0 Å². The van der Waals surface area contributed by atoms with Crippen LogP contribution in [-0.4, -0.2) is 20.2 Å². The summed E-state index contributed by atoms with van der Waals surface area (Å²) in [5.41, 5.74) is 2.88. The Bertz CT molecular complexity index is 388. The Hall–Kier alpha value is -1.22. The molecule has 88 valence electrons. The van der Waals surface area contributed by atoms with Crippen LogP contribution in [0.25, 0.3) is 0 Å². The summed E-state index contributed by atoms with van der Waals surface area (Å²) in [5, 5.41) is 0. The molecule has 0 N–H and O–H groups in total. The molecule has 0 unspecified atom stereocenters. The Labute approximate surface area is 100 Å². The molecule has 1 aromatic carbocycles. The maximum absolute atomic E-state index is 11.2. The first-order valence-electron chi connectivity index (χ1n) is 4.91. The van der Waals surface area contributed by atoms with Crippen molar-refractivity contribution in [2.24, 2.45) is 0 Å². The lowest BCUT2D eigenvalue weighted by atomic mass is 10.0. The quantitative estimate of drug-likeness (QED) is 0.601. The van der Waals surface area contributed by atoms with Crippen molar-refractivity contribution >= 4 is 17.6 Å². The van der Waals surface area contributed by atoms with Gasteiger partial charge in [-0.05, 0) is 35.7 Å². The second kappa shape index (κ2) is 5.75. The minimum absolute atomic E-state index is 0.240. The van der Waals surface area contributed by atoms with Crippen LogP contribution in [0.15, 0.2) is 12.1 Å². The summed E-state index contributed by atoms with van der Waals surface area (Å²) in [7, 11) is 2.96. The van der Waals surface area contributed by atoms with Crippen molar-refractivity contribution < 1.29 is 14.3 Å². The minimum atomic E-state index is -0.267. The average Bonchev–Trinajstić information content (AvgIpc) is 2.31. The van der Waals surface area contributed by atoms with Crippen molar-refractivity contribution in [2.45, 2.75) is 19.2 Å². The molecular formula is C12H15ClO3. The number of ether oxygens (including phenoxy) is 2. The molecule has 3 nitrogen and oxygen atoms in total. The van der Waals surface area contributed by atoms with Gasteiger partial charge in [-0.2, -0.15) is 0 Å². The fourth-order valence-corrected chi connectivity index (χ4v) is 1.75. The van der Waals surface area contributed by atoms with Crippen LogP contribution >= 0.6 is 11.6 Å². The summed E-state index contributed by atoms with van der Waals surface area (Å²) in [6.07, 6.45) is 0.240. The van der Waals surface area contributed by atoms with Gasteiger partial charge in [0, 0.05) is 5.88 Å². The first kappa shape index (κ1) is 12.8. The Morgan fingerprint density at radius 3 is 2.44 bits per heavy atom. The van der Waals surface area contributed by atoms with E-state index in [1.807, 2.05) is 19.1 Å². The van der Waals surface area contributed by atoms with E-state index in [2.05, 4.69) is 4.74 Å². The van der Waals surface area contributed by atoms with E-state index in [-0.39, 0.29) is 12.4 Å². The second-order valence-corrected chi connectivity index (χ2v) is 3.72. The van der Waals surface area contributed by atoms with Gasteiger partial charge >= 0.3 is 5.97 Å². The van der Waals surface area contributed by atoms with Crippen LogP contribution in [0.2, 0.25) is 0 Å². The van der Waals surface area contributed by atoms with E-state index in [4.69, 9.17) is 16.3 Å². The third-order valence-corrected chi connectivity index (χ3v) is 2.83. The number of carbonyl (C=O) groups is 1. The number of hydrogen-bond donors (Lipinski definition) is 0. The van der Waals surface area contributed by atoms with Crippen LogP contribution in [0.1, 0.15) is 16.7 Å². The number of carbonyl (C=O) groups excluding carboxylic acids is 1. The number of benzene rings is 1. The predicted molar refractivity (Wildman–Crippen MR) is 63.0 cm³/mol. The Kier molecular flexibility index (Phi) is 4.62. The van der Waals surface area contributed by atoms with E-state index >= 15 is 0 Å². The summed E-state index contributed by atoms with van der Waals surface area (Å²) < 4.78 is 9.80. The van der Waals surface area contributed by atoms with E-state index in [0.29, 0.717) is 11.6 Å². The second-order valence-electron chi connectivity index (χ2n) is 3.46. The summed E-state index contributed by atoms with van der Waals surface area (Å²) >= 11 is 5.83. The predicted octanol–water partition coefficient (Wildman–Crippen LogP) is 2.46. The van der Waals surface area contributed by atoms with E-state index < -0.39 is 0 Å². The van der Waals surface area contributed by atoms with Gasteiger partial charge in [-0.15, -0.1) is 11.6 Å². The fraction of sp³-hybridized carbons (Fsp3) is 0.417. The first-order valence-corrected chi connectivity index (χ1v) is 5.45. The van der Waals surface area contributed by atoms with Crippen molar-refractivity contribution in [3.05, 3.63) is 28.8 Å². The van der Waals surface area contributed by atoms with Gasteiger partial charge in [0.05, 0.1) is 20.6 Å². The molecule has 0 bridgehead atoms. The molecule has 0 spiro atoms. The highest BCUT2D eigenvalue weighted by molar-refractivity contribution is 6.17. The fourth-order valence-electron chi connectivity index (χ4n) is 1.48. The SMILES string of the molecule is COC(=O)Cc1cc(OC)cc(CCl)c1C. The van der Waals surface area contributed by atoms with Crippen molar-refractivity contribution in [3.63, 3.8) is 0 Å². The Morgan fingerprint density at radius 1 is 1.31 bits per heavy atom. The van der Waals surface area contributed by atoms with Crippen LogP contribution in [0.3, 0.4) is 0 Å². The molecule has 1 aromatic rings. The number of methoxy groups -OCH3 is 2. The number of halogens is 1. The summed E-state index contributed by atoms with van der Waals surface area (Å²) in [6.45, 7) is 1.94. The summed E-state index contributed by atoms with van der Waals surface area (Å²) in [6, 6.07) is 3.71. The van der Waals surface area contributed by atoms with E-state index in [1.54, 1.807) is 7.11 Å². The average molecular weight is 243 g/mol. The topological polar surface area (TPSA) is 35.5 Å². The monoisotopic (exact) mass is 242 g/mol. The third-order valence-electron chi connectivity index (χ3n) is 2.54.